The first-order valence-corrected chi connectivity index (χ1v) is 10.2. The molecule has 2 fully saturated rings. The Morgan fingerprint density at radius 1 is 1.29 bits per heavy atom. The number of rotatable bonds is 4. The van der Waals surface area contributed by atoms with Crippen LogP contribution < -0.4 is 10.9 Å². The predicted octanol–water partition coefficient (Wildman–Crippen LogP) is 3.13. The van der Waals surface area contributed by atoms with E-state index in [-0.39, 0.29) is 17.5 Å². The summed E-state index contributed by atoms with van der Waals surface area (Å²) in [6, 6.07) is 4.09. The Morgan fingerprint density at radius 3 is 2.71 bits per heavy atom. The molecule has 0 amide bonds. The number of halogens is 3. The zero-order chi connectivity index (χ0) is 19.8. The molecule has 2 aliphatic heterocycles. The number of piperidine rings is 1. The summed E-state index contributed by atoms with van der Waals surface area (Å²) in [6.45, 7) is 5.08. The van der Waals surface area contributed by atoms with E-state index < -0.39 is 11.6 Å². The lowest BCUT2D eigenvalue weighted by Crippen LogP contribution is -2.46. The molecule has 5 nitrogen and oxygen atoms in total. The Morgan fingerprint density at radius 2 is 2.04 bits per heavy atom. The third-order valence-electron chi connectivity index (χ3n) is 6.10. The monoisotopic (exact) mass is 409 g/mol. The molecule has 2 aliphatic rings. The van der Waals surface area contributed by atoms with Crippen LogP contribution >= 0.6 is 11.6 Å². The molecule has 1 aromatic carbocycles. The van der Waals surface area contributed by atoms with Gasteiger partial charge >= 0.3 is 0 Å². The fraction of sp³-hybridized carbons (Fsp3) is 0.550. The minimum Gasteiger partial charge on any atom is -0.299 e. The van der Waals surface area contributed by atoms with Gasteiger partial charge in [0.1, 0.15) is 16.8 Å². The number of hydrazine groups is 1. The molecule has 3 atom stereocenters. The molecule has 152 valence electrons. The average Bonchev–Trinajstić information content (AvgIpc) is 3.23. The molecule has 0 bridgehead atoms. The van der Waals surface area contributed by atoms with Gasteiger partial charge < -0.3 is 0 Å². The molecule has 0 saturated carbocycles. The van der Waals surface area contributed by atoms with Crippen molar-refractivity contribution >= 4 is 11.6 Å². The van der Waals surface area contributed by atoms with Gasteiger partial charge in [-0.2, -0.15) is 5.10 Å². The largest absolute Gasteiger partial charge is 0.299 e. The molecule has 2 saturated heterocycles. The highest BCUT2D eigenvalue weighted by molar-refractivity contribution is 6.30. The van der Waals surface area contributed by atoms with Crippen LogP contribution in [0.3, 0.4) is 0 Å². The second-order valence-electron chi connectivity index (χ2n) is 7.91. The molecular formula is C20H26ClF2N5. The van der Waals surface area contributed by atoms with Crippen molar-refractivity contribution in [3.63, 3.8) is 0 Å². The molecule has 3 heterocycles. The van der Waals surface area contributed by atoms with Gasteiger partial charge in [-0.15, -0.1) is 0 Å². The van der Waals surface area contributed by atoms with Crippen molar-refractivity contribution < 1.29 is 8.78 Å². The lowest BCUT2D eigenvalue weighted by atomic mass is 9.80. The molecule has 1 aromatic heterocycles. The van der Waals surface area contributed by atoms with Gasteiger partial charge in [0, 0.05) is 49.8 Å². The number of aryl methyl sites for hydroxylation is 2. The minimum atomic E-state index is -0.467. The highest BCUT2D eigenvalue weighted by atomic mass is 35.5. The van der Waals surface area contributed by atoms with Crippen LogP contribution in [0, 0.1) is 24.5 Å². The Balaban J connectivity index is 1.51. The van der Waals surface area contributed by atoms with E-state index in [4.69, 9.17) is 11.6 Å². The van der Waals surface area contributed by atoms with Crippen molar-refractivity contribution in [2.24, 2.45) is 13.0 Å². The quantitative estimate of drug-likeness (QED) is 0.814. The number of nitrogens with one attached hydrogen (secondary N) is 2. The Kier molecular flexibility index (Phi) is 5.69. The normalized spacial score (nSPS) is 26.1. The SMILES string of the molecule is Cc1nn(C)c(Cl)c1CN1CCCC(C2NNCC2c2c(F)cccc2F)C1. The van der Waals surface area contributed by atoms with Crippen LogP contribution in [0.2, 0.25) is 5.15 Å². The number of benzene rings is 1. The first-order valence-electron chi connectivity index (χ1n) is 9.78. The van der Waals surface area contributed by atoms with E-state index in [1.54, 1.807) is 4.68 Å². The van der Waals surface area contributed by atoms with Crippen molar-refractivity contribution in [3.05, 3.63) is 51.8 Å². The summed E-state index contributed by atoms with van der Waals surface area (Å²) < 4.78 is 30.4. The van der Waals surface area contributed by atoms with Crippen molar-refractivity contribution in [2.75, 3.05) is 19.6 Å². The van der Waals surface area contributed by atoms with Crippen molar-refractivity contribution in [3.8, 4) is 0 Å². The molecule has 4 rings (SSSR count). The molecule has 0 spiro atoms. The minimum absolute atomic E-state index is 0.0142. The summed E-state index contributed by atoms with van der Waals surface area (Å²) >= 11 is 6.40. The van der Waals surface area contributed by atoms with Gasteiger partial charge in [-0.1, -0.05) is 17.7 Å². The summed E-state index contributed by atoms with van der Waals surface area (Å²) in [5.74, 6) is -0.866. The van der Waals surface area contributed by atoms with Crippen LogP contribution in [0.25, 0.3) is 0 Å². The lowest BCUT2D eigenvalue weighted by molar-refractivity contribution is 0.138. The van der Waals surface area contributed by atoms with Crippen LogP contribution in [0.4, 0.5) is 8.78 Å². The lowest BCUT2D eigenvalue weighted by Gasteiger charge is -2.37. The average molecular weight is 410 g/mol. The third-order valence-corrected chi connectivity index (χ3v) is 6.57. The molecule has 28 heavy (non-hydrogen) atoms. The van der Waals surface area contributed by atoms with E-state index in [0.717, 1.165) is 43.7 Å². The van der Waals surface area contributed by atoms with Crippen molar-refractivity contribution in [1.29, 1.82) is 0 Å². The van der Waals surface area contributed by atoms with Gasteiger partial charge in [0.15, 0.2) is 0 Å². The molecule has 3 unspecified atom stereocenters. The highest BCUT2D eigenvalue weighted by Crippen LogP contribution is 2.34. The van der Waals surface area contributed by atoms with Crippen LogP contribution in [0.15, 0.2) is 18.2 Å². The standard InChI is InChI=1S/C20H26ClF2N5/c1-12-15(20(21)27(2)26-12)11-28-8-4-5-13(10-28)19-14(9-24-25-19)18-16(22)6-3-7-17(18)23/h3,6-7,13-14,19,24-25H,4-5,8-11H2,1-2H3. The number of hydrogen-bond donors (Lipinski definition) is 2. The third kappa shape index (κ3) is 3.68. The van der Waals surface area contributed by atoms with E-state index in [9.17, 15) is 8.78 Å². The van der Waals surface area contributed by atoms with Gasteiger partial charge in [0.05, 0.1) is 5.69 Å². The van der Waals surface area contributed by atoms with Crippen LogP contribution in [-0.2, 0) is 13.6 Å². The van der Waals surface area contributed by atoms with E-state index >= 15 is 0 Å². The summed E-state index contributed by atoms with van der Waals surface area (Å²) in [5, 5.41) is 5.07. The van der Waals surface area contributed by atoms with Gasteiger partial charge in [-0.25, -0.2) is 8.78 Å². The van der Waals surface area contributed by atoms with Gasteiger partial charge in [0.25, 0.3) is 0 Å². The zero-order valence-corrected chi connectivity index (χ0v) is 16.9. The fourth-order valence-corrected chi connectivity index (χ4v) is 4.95. The van der Waals surface area contributed by atoms with Crippen LogP contribution in [-0.4, -0.2) is 40.4 Å². The maximum absolute atomic E-state index is 14.4. The first kappa shape index (κ1) is 19.8. The van der Waals surface area contributed by atoms with E-state index in [0.29, 0.717) is 17.6 Å². The first-order chi connectivity index (χ1) is 13.5. The molecule has 8 heteroatoms. The van der Waals surface area contributed by atoms with E-state index in [2.05, 4.69) is 20.9 Å². The van der Waals surface area contributed by atoms with Crippen molar-refractivity contribution in [1.82, 2.24) is 25.5 Å². The van der Waals surface area contributed by atoms with E-state index in [1.807, 2.05) is 14.0 Å². The molecular weight excluding hydrogens is 384 g/mol. The number of nitrogens with zero attached hydrogens (tertiary/aromatic N) is 3. The van der Waals surface area contributed by atoms with Crippen LogP contribution in [0.5, 0.6) is 0 Å². The second kappa shape index (κ2) is 8.06. The molecule has 2 N–H and O–H groups in total. The van der Waals surface area contributed by atoms with E-state index in [1.165, 1.54) is 18.2 Å². The predicted molar refractivity (Wildman–Crippen MR) is 105 cm³/mol. The van der Waals surface area contributed by atoms with Gasteiger partial charge in [-0.05, 0) is 44.4 Å². The Hall–Kier alpha value is -1.54. The number of hydrogen-bond acceptors (Lipinski definition) is 4. The molecule has 0 radical (unpaired) electrons. The molecule has 2 aromatic rings. The Labute approximate surface area is 169 Å². The summed E-state index contributed by atoms with van der Waals surface area (Å²) in [4.78, 5) is 2.37. The summed E-state index contributed by atoms with van der Waals surface area (Å²) in [5.41, 5.74) is 8.60. The highest BCUT2D eigenvalue weighted by Gasteiger charge is 2.39. The second-order valence-corrected chi connectivity index (χ2v) is 8.27. The fourth-order valence-electron chi connectivity index (χ4n) is 4.71. The smallest absolute Gasteiger partial charge is 0.131 e. The zero-order valence-electron chi connectivity index (χ0n) is 16.2. The number of aromatic nitrogens is 2. The maximum Gasteiger partial charge on any atom is 0.131 e. The maximum atomic E-state index is 14.4. The number of likely N-dealkylation sites (tertiary alicyclic amines) is 1. The van der Waals surface area contributed by atoms with Gasteiger partial charge in [-0.3, -0.25) is 20.4 Å². The topological polar surface area (TPSA) is 45.1 Å². The van der Waals surface area contributed by atoms with Crippen LogP contribution in [0.1, 0.15) is 35.6 Å². The molecule has 0 aliphatic carbocycles. The van der Waals surface area contributed by atoms with Crippen molar-refractivity contribution in [2.45, 2.75) is 38.3 Å². The Bertz CT molecular complexity index is 835. The van der Waals surface area contributed by atoms with Gasteiger partial charge in [0.2, 0.25) is 0 Å². The summed E-state index contributed by atoms with van der Waals surface area (Å²) in [6.07, 6.45) is 2.08. The summed E-state index contributed by atoms with van der Waals surface area (Å²) in [7, 11) is 1.85.